The zero-order chi connectivity index (χ0) is 19.6. The van der Waals surface area contributed by atoms with Gasteiger partial charge in [0.1, 0.15) is 0 Å². The van der Waals surface area contributed by atoms with E-state index >= 15 is 0 Å². The van der Waals surface area contributed by atoms with E-state index in [-0.39, 0.29) is 24.0 Å². The molecule has 3 heteroatoms. The van der Waals surface area contributed by atoms with Crippen LogP contribution in [0.15, 0.2) is 24.3 Å². The van der Waals surface area contributed by atoms with Gasteiger partial charge in [0.05, 0.1) is 6.10 Å². The number of halogens is 1. The lowest BCUT2D eigenvalue weighted by Crippen LogP contribution is -2.57. The van der Waals surface area contributed by atoms with Crippen LogP contribution in [0.2, 0.25) is 0 Å². The lowest BCUT2D eigenvalue weighted by Gasteiger charge is -2.59. The fraction of sp³-hybridized carbons (Fsp3) is 0.840. The summed E-state index contributed by atoms with van der Waals surface area (Å²) in [6, 6.07) is 0. The Morgan fingerprint density at radius 3 is 2.61 bits per heavy atom. The van der Waals surface area contributed by atoms with Gasteiger partial charge >= 0.3 is 0 Å². The number of rotatable bonds is 3. The van der Waals surface area contributed by atoms with E-state index < -0.39 is 0 Å². The maximum Gasteiger partial charge on any atom is 0.0577 e. The Hall–Kier alpha value is -0.310. The molecular formula is C25H42ClNO. The van der Waals surface area contributed by atoms with Crippen molar-refractivity contribution in [1.29, 1.82) is 0 Å². The number of allylic oxidation sites excluding steroid dienone is 1. The van der Waals surface area contributed by atoms with Crippen LogP contribution in [0.5, 0.6) is 0 Å². The van der Waals surface area contributed by atoms with Gasteiger partial charge in [0.2, 0.25) is 0 Å². The first-order valence-electron chi connectivity index (χ1n) is 11.4. The molecule has 0 heterocycles. The Kier molecular flexibility index (Phi) is 5.94. The Morgan fingerprint density at radius 2 is 1.93 bits per heavy atom. The molecule has 160 valence electrons. The van der Waals surface area contributed by atoms with Crippen molar-refractivity contribution in [2.45, 2.75) is 90.7 Å². The van der Waals surface area contributed by atoms with E-state index in [0.29, 0.717) is 22.7 Å². The molecule has 0 amide bonds. The summed E-state index contributed by atoms with van der Waals surface area (Å²) in [5.41, 5.74) is 9.09. The first-order valence-corrected chi connectivity index (χ1v) is 11.4. The van der Waals surface area contributed by atoms with Crippen molar-refractivity contribution < 1.29 is 5.11 Å². The summed E-state index contributed by atoms with van der Waals surface area (Å²) >= 11 is 0. The largest absolute Gasteiger partial charge is 0.393 e. The molecule has 1 unspecified atom stereocenters. The van der Waals surface area contributed by atoms with Crippen LogP contribution in [0.1, 0.15) is 79.1 Å². The Labute approximate surface area is 178 Å². The van der Waals surface area contributed by atoms with E-state index in [4.69, 9.17) is 5.73 Å². The Bertz CT molecular complexity index is 642. The minimum atomic E-state index is -0.160. The van der Waals surface area contributed by atoms with Gasteiger partial charge in [-0.2, -0.15) is 0 Å². The molecule has 4 aliphatic carbocycles. The van der Waals surface area contributed by atoms with Gasteiger partial charge in [0, 0.05) is 5.54 Å². The lowest BCUT2D eigenvalue weighted by molar-refractivity contribution is -0.0623. The molecule has 3 saturated carbocycles. The van der Waals surface area contributed by atoms with Crippen LogP contribution >= 0.6 is 12.4 Å². The highest BCUT2D eigenvalue weighted by atomic mass is 35.5. The second-order valence-electron chi connectivity index (χ2n) is 11.2. The van der Waals surface area contributed by atoms with Crippen LogP contribution in [-0.2, 0) is 0 Å². The van der Waals surface area contributed by atoms with Gasteiger partial charge in [-0.15, -0.1) is 19.0 Å². The molecule has 3 fully saturated rings. The minimum absolute atomic E-state index is 0. The Balaban J connectivity index is 0.00000225. The highest BCUT2D eigenvalue weighted by Crippen LogP contribution is 2.67. The number of hydrogen-bond donors (Lipinski definition) is 2. The molecule has 4 aliphatic rings. The smallest absolute Gasteiger partial charge is 0.0577 e. The van der Waals surface area contributed by atoms with Crippen molar-refractivity contribution in [2.75, 3.05) is 0 Å². The molecule has 0 radical (unpaired) electrons. The van der Waals surface area contributed by atoms with Gasteiger partial charge in [-0.25, -0.2) is 0 Å². The maximum absolute atomic E-state index is 10.2. The first-order chi connectivity index (χ1) is 12.6. The molecule has 0 saturated heterocycles. The number of aliphatic hydroxyl groups excluding tert-OH is 1. The third kappa shape index (κ3) is 3.05. The molecule has 0 aromatic rings. The summed E-state index contributed by atoms with van der Waals surface area (Å²) in [5, 5.41) is 10.2. The summed E-state index contributed by atoms with van der Waals surface area (Å²) in [6.07, 6.45) is 14.1. The number of fused-ring (bicyclic) bond motifs is 5. The van der Waals surface area contributed by atoms with Crippen molar-refractivity contribution >= 4 is 12.4 Å². The van der Waals surface area contributed by atoms with Crippen molar-refractivity contribution in [3.05, 3.63) is 24.3 Å². The molecule has 3 N–H and O–H groups in total. The summed E-state index contributed by atoms with van der Waals surface area (Å²) < 4.78 is 0. The van der Waals surface area contributed by atoms with Gasteiger partial charge < -0.3 is 10.8 Å². The molecule has 0 bridgehead atoms. The lowest BCUT2D eigenvalue weighted by atomic mass is 9.46. The molecule has 4 rings (SSSR count). The molecule has 0 spiro atoms. The summed E-state index contributed by atoms with van der Waals surface area (Å²) in [7, 11) is 0. The fourth-order valence-electron chi connectivity index (χ4n) is 8.23. The van der Waals surface area contributed by atoms with Crippen LogP contribution in [0.3, 0.4) is 0 Å². The summed E-state index contributed by atoms with van der Waals surface area (Å²) in [4.78, 5) is 0. The zero-order valence-corrected chi connectivity index (χ0v) is 19.2. The summed E-state index contributed by atoms with van der Waals surface area (Å²) in [6.45, 7) is 13.7. The van der Waals surface area contributed by atoms with Gasteiger partial charge in [-0.1, -0.05) is 38.5 Å². The van der Waals surface area contributed by atoms with Crippen molar-refractivity contribution in [2.24, 2.45) is 46.2 Å². The fourth-order valence-corrected chi connectivity index (χ4v) is 8.23. The number of hydrogen-bond acceptors (Lipinski definition) is 2. The molecule has 28 heavy (non-hydrogen) atoms. The van der Waals surface area contributed by atoms with Gasteiger partial charge in [-0.3, -0.25) is 0 Å². The Morgan fingerprint density at radius 1 is 1.21 bits per heavy atom. The highest BCUT2D eigenvalue weighted by molar-refractivity contribution is 5.85. The normalized spacial score (nSPS) is 48.1. The van der Waals surface area contributed by atoms with E-state index in [2.05, 4.69) is 46.4 Å². The van der Waals surface area contributed by atoms with Crippen molar-refractivity contribution in [1.82, 2.24) is 0 Å². The van der Waals surface area contributed by atoms with Crippen LogP contribution < -0.4 is 5.73 Å². The van der Waals surface area contributed by atoms with Gasteiger partial charge in [-0.05, 0) is 98.7 Å². The predicted octanol–water partition coefficient (Wildman–Crippen LogP) is 5.89. The van der Waals surface area contributed by atoms with Gasteiger partial charge in [0.15, 0.2) is 0 Å². The average Bonchev–Trinajstić information content (AvgIpc) is 2.99. The number of aliphatic hydroxyl groups is 1. The first kappa shape index (κ1) is 22.4. The molecule has 0 aromatic heterocycles. The number of nitrogens with two attached hydrogens (primary N) is 1. The second-order valence-corrected chi connectivity index (χ2v) is 11.2. The van der Waals surface area contributed by atoms with E-state index in [0.717, 1.165) is 30.6 Å². The van der Waals surface area contributed by atoms with E-state index in [1.165, 1.54) is 38.5 Å². The third-order valence-electron chi connectivity index (χ3n) is 10.2. The van der Waals surface area contributed by atoms with Crippen molar-refractivity contribution in [3.63, 3.8) is 0 Å². The molecule has 9 atom stereocenters. The van der Waals surface area contributed by atoms with Gasteiger partial charge in [0.25, 0.3) is 0 Å². The maximum atomic E-state index is 10.2. The summed E-state index contributed by atoms with van der Waals surface area (Å²) in [5.74, 6) is 3.37. The second kappa shape index (κ2) is 7.43. The third-order valence-corrected chi connectivity index (χ3v) is 10.2. The monoisotopic (exact) mass is 407 g/mol. The average molecular weight is 408 g/mol. The molecule has 0 aliphatic heterocycles. The molecule has 0 aromatic carbocycles. The van der Waals surface area contributed by atoms with Crippen LogP contribution in [0.4, 0.5) is 0 Å². The van der Waals surface area contributed by atoms with E-state index in [9.17, 15) is 5.11 Å². The van der Waals surface area contributed by atoms with Crippen LogP contribution in [0, 0.1) is 40.4 Å². The predicted molar refractivity (Wildman–Crippen MR) is 120 cm³/mol. The van der Waals surface area contributed by atoms with Crippen LogP contribution in [-0.4, -0.2) is 16.7 Å². The molecule has 2 nitrogen and oxygen atoms in total. The minimum Gasteiger partial charge on any atom is -0.393 e. The zero-order valence-electron chi connectivity index (χ0n) is 18.4. The van der Waals surface area contributed by atoms with Crippen molar-refractivity contribution in [3.8, 4) is 0 Å². The topological polar surface area (TPSA) is 46.2 Å². The molecular weight excluding hydrogens is 366 g/mol. The quantitative estimate of drug-likeness (QED) is 0.573. The van der Waals surface area contributed by atoms with E-state index in [1.807, 2.05) is 0 Å². The van der Waals surface area contributed by atoms with E-state index in [1.54, 1.807) is 5.57 Å². The highest BCUT2D eigenvalue weighted by Gasteiger charge is 2.61. The van der Waals surface area contributed by atoms with Crippen LogP contribution in [0.25, 0.3) is 0 Å². The SMILES string of the molecule is C=CC(C)[C@@](C)(N)[C@H]1CC[C@H]2[C@@H]3CC=C4C[C@@H](O)CC[C@]4(C)[C@H]3CC[C@@]21C.Cl. The standard InChI is InChI=1S/C25H41NO.ClH/c1-6-16(2)25(5,26)22-10-9-20-19-8-7-17-15-18(27)11-13-23(17,3)21(19)12-14-24(20,22)4;/h6-7,16,18-22,27H,1,8-15,26H2,2-5H3;1H/t16?,18-,19-,20-,21-,22-,23-,24-,25+;/m0./s1.